The molecule has 3 unspecified atom stereocenters. The molecule has 2 aliphatic heterocycles. The number of piperidine rings is 1. The van der Waals surface area contributed by atoms with E-state index < -0.39 is 0 Å². The molecule has 29 heavy (non-hydrogen) atoms. The fourth-order valence-electron chi connectivity index (χ4n) is 4.36. The quantitative estimate of drug-likeness (QED) is 0.651. The third-order valence-electron chi connectivity index (χ3n) is 6.10. The first-order valence-corrected chi connectivity index (χ1v) is 11.2. The van der Waals surface area contributed by atoms with Crippen molar-refractivity contribution in [2.75, 3.05) is 36.4 Å². The topological polar surface area (TPSA) is 44.3 Å². The van der Waals surface area contributed by atoms with Crippen LogP contribution in [-0.2, 0) is 0 Å². The molecule has 2 fully saturated rings. The maximum atomic E-state index is 6.54. The number of fused-ring (bicyclic) bond motifs is 1. The molecule has 8 heteroatoms. The molecule has 2 saturated heterocycles. The molecule has 0 aliphatic carbocycles. The van der Waals surface area contributed by atoms with Crippen LogP contribution in [0.2, 0.25) is 15.1 Å². The number of hydrogen-bond donors (Lipinski definition) is 1. The molecule has 3 atom stereocenters. The predicted octanol–water partition coefficient (Wildman–Crippen LogP) is 5.45. The molecule has 2 aliphatic rings. The Balaban J connectivity index is 1.54. The summed E-state index contributed by atoms with van der Waals surface area (Å²) >= 11 is 18.9. The predicted molar refractivity (Wildman–Crippen MR) is 122 cm³/mol. The van der Waals surface area contributed by atoms with E-state index >= 15 is 0 Å². The van der Waals surface area contributed by atoms with E-state index in [4.69, 9.17) is 39.8 Å². The van der Waals surface area contributed by atoms with E-state index in [1.54, 1.807) is 6.07 Å². The first-order chi connectivity index (χ1) is 13.9. The summed E-state index contributed by atoms with van der Waals surface area (Å²) < 4.78 is 0. The Morgan fingerprint density at radius 2 is 2.00 bits per heavy atom. The largest absolute Gasteiger partial charge is 0.362 e. The minimum Gasteiger partial charge on any atom is -0.362 e. The Hall–Kier alpha value is -1.27. The second-order valence-electron chi connectivity index (χ2n) is 7.97. The molecule has 5 nitrogen and oxygen atoms in total. The van der Waals surface area contributed by atoms with Gasteiger partial charge in [-0.3, -0.25) is 0 Å². The minimum atomic E-state index is -0.0728. The molecule has 0 spiro atoms. The third kappa shape index (κ3) is 4.15. The Morgan fingerprint density at radius 3 is 2.69 bits per heavy atom. The van der Waals surface area contributed by atoms with E-state index in [1.807, 2.05) is 26.0 Å². The molecular formula is C21H26Cl3N5. The number of halogens is 3. The van der Waals surface area contributed by atoms with Gasteiger partial charge in [-0.2, -0.15) is 4.98 Å². The molecule has 2 aromatic rings. The van der Waals surface area contributed by atoms with Crippen molar-refractivity contribution in [2.45, 2.75) is 39.3 Å². The molecule has 1 aromatic heterocycles. The number of aryl methyl sites for hydroxylation is 1. The first kappa shape index (κ1) is 21.0. The van der Waals surface area contributed by atoms with Crippen LogP contribution in [0.25, 0.3) is 0 Å². The number of rotatable bonds is 5. The van der Waals surface area contributed by atoms with E-state index in [0.29, 0.717) is 32.8 Å². The van der Waals surface area contributed by atoms with Crippen LogP contribution >= 0.6 is 34.8 Å². The number of likely N-dealkylation sites (tertiary alicyclic amines) is 1. The highest BCUT2D eigenvalue weighted by Crippen LogP contribution is 2.37. The van der Waals surface area contributed by atoms with Crippen molar-refractivity contribution in [3.63, 3.8) is 0 Å². The SMILES string of the molecule is CCN1CCC2C(C1)CN2c1nc(C)c(Cl)c(NC(C)c2ccc(Cl)cc2Cl)n1. The highest BCUT2D eigenvalue weighted by Gasteiger charge is 2.43. The van der Waals surface area contributed by atoms with Crippen molar-refractivity contribution in [3.05, 3.63) is 44.5 Å². The number of aromatic nitrogens is 2. The van der Waals surface area contributed by atoms with Crippen LogP contribution in [-0.4, -0.2) is 47.1 Å². The van der Waals surface area contributed by atoms with Crippen LogP contribution in [0, 0.1) is 12.8 Å². The van der Waals surface area contributed by atoms with Crippen molar-refractivity contribution >= 4 is 46.6 Å². The summed E-state index contributed by atoms with van der Waals surface area (Å²) in [5.74, 6) is 2.10. The summed E-state index contributed by atoms with van der Waals surface area (Å²) in [4.78, 5) is 14.3. The van der Waals surface area contributed by atoms with Gasteiger partial charge in [-0.25, -0.2) is 4.98 Å². The highest BCUT2D eigenvalue weighted by molar-refractivity contribution is 6.35. The number of anilines is 2. The van der Waals surface area contributed by atoms with Gasteiger partial charge in [0.1, 0.15) is 5.02 Å². The normalized spacial score (nSPS) is 22.8. The lowest BCUT2D eigenvalue weighted by molar-refractivity contribution is 0.114. The Morgan fingerprint density at radius 1 is 1.21 bits per heavy atom. The molecular weight excluding hydrogens is 429 g/mol. The molecule has 0 bridgehead atoms. The highest BCUT2D eigenvalue weighted by atomic mass is 35.5. The zero-order chi connectivity index (χ0) is 20.7. The van der Waals surface area contributed by atoms with Gasteiger partial charge in [-0.05, 0) is 44.5 Å². The van der Waals surface area contributed by atoms with E-state index in [2.05, 4.69) is 27.0 Å². The molecule has 0 radical (unpaired) electrons. The summed E-state index contributed by atoms with van der Waals surface area (Å²) in [5, 5.41) is 5.19. The Kier molecular flexibility index (Phi) is 6.12. The summed E-state index contributed by atoms with van der Waals surface area (Å²) in [6, 6.07) is 5.96. The number of nitrogens with one attached hydrogen (secondary N) is 1. The van der Waals surface area contributed by atoms with Crippen molar-refractivity contribution in [2.24, 2.45) is 5.92 Å². The summed E-state index contributed by atoms with van der Waals surface area (Å²) in [7, 11) is 0. The molecule has 3 heterocycles. The summed E-state index contributed by atoms with van der Waals surface area (Å²) in [6.07, 6.45) is 1.16. The van der Waals surface area contributed by atoms with E-state index in [-0.39, 0.29) is 6.04 Å². The standard InChI is InChI=1S/C21H26Cl3N5/c1-4-28-8-7-18-14(10-28)11-29(18)21-26-13(3)19(24)20(27-21)25-12(2)16-6-5-15(22)9-17(16)23/h5-6,9,12,14,18H,4,7-8,10-11H2,1-3H3,(H,25,26,27). The van der Waals surface area contributed by atoms with Crippen LogP contribution in [0.3, 0.4) is 0 Å². The van der Waals surface area contributed by atoms with Crippen molar-refractivity contribution in [1.29, 1.82) is 0 Å². The lowest BCUT2D eigenvalue weighted by Gasteiger charge is -2.53. The molecule has 1 N–H and O–H groups in total. The third-order valence-corrected chi connectivity index (χ3v) is 7.12. The van der Waals surface area contributed by atoms with Crippen LogP contribution in [0.1, 0.15) is 37.6 Å². The van der Waals surface area contributed by atoms with Crippen LogP contribution in [0.5, 0.6) is 0 Å². The number of nitrogens with zero attached hydrogens (tertiary/aromatic N) is 4. The van der Waals surface area contributed by atoms with Gasteiger partial charge in [-0.1, -0.05) is 47.8 Å². The van der Waals surface area contributed by atoms with E-state index in [1.165, 1.54) is 6.54 Å². The van der Waals surface area contributed by atoms with Crippen molar-refractivity contribution in [3.8, 4) is 0 Å². The Bertz CT molecular complexity index is 906. The van der Waals surface area contributed by atoms with Crippen LogP contribution in [0.15, 0.2) is 18.2 Å². The fraction of sp³-hybridized carbons (Fsp3) is 0.524. The van der Waals surface area contributed by atoms with E-state index in [9.17, 15) is 0 Å². The Labute approximate surface area is 187 Å². The lowest BCUT2D eigenvalue weighted by atomic mass is 9.83. The van der Waals surface area contributed by atoms with Gasteiger partial charge in [0.25, 0.3) is 0 Å². The number of benzene rings is 1. The fourth-order valence-corrected chi connectivity index (χ4v) is 5.07. The van der Waals surface area contributed by atoms with Gasteiger partial charge in [0.15, 0.2) is 5.82 Å². The molecule has 0 amide bonds. The average molecular weight is 455 g/mol. The number of hydrogen-bond acceptors (Lipinski definition) is 5. The minimum absolute atomic E-state index is 0.0728. The van der Waals surface area contributed by atoms with Crippen LogP contribution < -0.4 is 10.2 Å². The maximum absolute atomic E-state index is 6.54. The zero-order valence-corrected chi connectivity index (χ0v) is 19.2. The van der Waals surface area contributed by atoms with Gasteiger partial charge >= 0.3 is 0 Å². The van der Waals surface area contributed by atoms with Gasteiger partial charge in [0.05, 0.1) is 11.7 Å². The van der Waals surface area contributed by atoms with Crippen molar-refractivity contribution < 1.29 is 0 Å². The van der Waals surface area contributed by atoms with Gasteiger partial charge in [0, 0.05) is 41.6 Å². The van der Waals surface area contributed by atoms with Gasteiger partial charge in [-0.15, -0.1) is 0 Å². The molecule has 0 saturated carbocycles. The monoisotopic (exact) mass is 453 g/mol. The van der Waals surface area contributed by atoms with Gasteiger partial charge < -0.3 is 15.1 Å². The van der Waals surface area contributed by atoms with Crippen molar-refractivity contribution in [1.82, 2.24) is 14.9 Å². The molecule has 156 valence electrons. The lowest BCUT2D eigenvalue weighted by Crippen LogP contribution is -2.64. The molecule has 1 aromatic carbocycles. The second-order valence-corrected chi connectivity index (χ2v) is 9.19. The smallest absolute Gasteiger partial charge is 0.227 e. The summed E-state index contributed by atoms with van der Waals surface area (Å²) in [6.45, 7) is 10.6. The maximum Gasteiger partial charge on any atom is 0.227 e. The average Bonchev–Trinajstić information content (AvgIpc) is 2.66. The van der Waals surface area contributed by atoms with Gasteiger partial charge in [0.2, 0.25) is 5.95 Å². The first-order valence-electron chi connectivity index (χ1n) is 10.1. The summed E-state index contributed by atoms with van der Waals surface area (Å²) in [5.41, 5.74) is 1.73. The second kappa shape index (κ2) is 8.46. The zero-order valence-electron chi connectivity index (χ0n) is 16.9. The molecule has 4 rings (SSSR count). The van der Waals surface area contributed by atoms with Crippen LogP contribution in [0.4, 0.5) is 11.8 Å². The van der Waals surface area contributed by atoms with E-state index in [0.717, 1.165) is 43.3 Å².